The van der Waals surface area contributed by atoms with Crippen LogP contribution in [0.15, 0.2) is 29.2 Å². The molecule has 0 aliphatic rings. The van der Waals surface area contributed by atoms with Gasteiger partial charge in [-0.15, -0.1) is 0 Å². The van der Waals surface area contributed by atoms with E-state index in [2.05, 4.69) is 4.74 Å². The van der Waals surface area contributed by atoms with Crippen molar-refractivity contribution in [3.63, 3.8) is 0 Å². The van der Waals surface area contributed by atoms with Crippen molar-refractivity contribution < 1.29 is 26.5 Å². The fourth-order valence-corrected chi connectivity index (χ4v) is 1.26. The third-order valence-corrected chi connectivity index (χ3v) is 2.19. The summed E-state index contributed by atoms with van der Waals surface area (Å²) in [5.41, 5.74) is 0. The van der Waals surface area contributed by atoms with Gasteiger partial charge in [-0.2, -0.15) is 8.78 Å². The molecule has 1 aromatic carbocycles. The van der Waals surface area contributed by atoms with Crippen LogP contribution in [0, 0.1) is 0 Å². The average molecular weight is 223 g/mol. The van der Waals surface area contributed by atoms with E-state index in [1.165, 1.54) is 0 Å². The van der Waals surface area contributed by atoms with E-state index < -0.39 is 21.6 Å². The molecule has 0 N–H and O–H groups in total. The van der Waals surface area contributed by atoms with Gasteiger partial charge >= 0.3 is 6.61 Å². The quantitative estimate of drug-likeness (QED) is 0.722. The summed E-state index contributed by atoms with van der Waals surface area (Å²) < 4.78 is 58.5. The van der Waals surface area contributed by atoms with Crippen molar-refractivity contribution in [3.05, 3.63) is 24.3 Å². The monoisotopic (exact) mass is 223 g/mol. The highest BCUT2D eigenvalue weighted by atomic mass is 32.2. The molecule has 0 saturated heterocycles. The number of hydrogen-bond acceptors (Lipinski definition) is 4. The first-order valence-corrected chi connectivity index (χ1v) is 4.81. The summed E-state index contributed by atoms with van der Waals surface area (Å²) in [4.78, 5) is -0.487. The summed E-state index contributed by atoms with van der Waals surface area (Å²) in [5.74, 6) is -0.201. The second kappa shape index (κ2) is 3.89. The SMILES string of the molecule is O=S(=O)([O-])c1ccc(OC(F)F)cc1. The Morgan fingerprint density at radius 3 is 2.07 bits per heavy atom. The minimum absolute atomic E-state index is 0.201. The summed E-state index contributed by atoms with van der Waals surface area (Å²) in [6.07, 6.45) is 0. The van der Waals surface area contributed by atoms with E-state index in [9.17, 15) is 21.8 Å². The van der Waals surface area contributed by atoms with Crippen LogP contribution in [0.4, 0.5) is 8.78 Å². The molecule has 0 fully saturated rings. The molecular weight excluding hydrogens is 218 g/mol. The zero-order valence-corrected chi connectivity index (χ0v) is 7.50. The van der Waals surface area contributed by atoms with Gasteiger partial charge in [0.15, 0.2) is 0 Å². The summed E-state index contributed by atoms with van der Waals surface area (Å²) in [6.45, 7) is -2.98. The molecule has 0 saturated carbocycles. The molecular formula is C7H5F2O4S-. The highest BCUT2D eigenvalue weighted by molar-refractivity contribution is 7.85. The maximum atomic E-state index is 11.7. The van der Waals surface area contributed by atoms with Crippen molar-refractivity contribution in [1.82, 2.24) is 0 Å². The second-order valence-corrected chi connectivity index (χ2v) is 3.68. The predicted octanol–water partition coefficient (Wildman–Crippen LogP) is 1.19. The van der Waals surface area contributed by atoms with E-state index in [4.69, 9.17) is 0 Å². The van der Waals surface area contributed by atoms with Crippen LogP contribution < -0.4 is 4.74 Å². The Morgan fingerprint density at radius 1 is 1.21 bits per heavy atom. The fourth-order valence-electron chi connectivity index (χ4n) is 0.788. The van der Waals surface area contributed by atoms with E-state index in [0.29, 0.717) is 0 Å². The van der Waals surface area contributed by atoms with Crippen LogP contribution in [0.25, 0.3) is 0 Å². The summed E-state index contributed by atoms with van der Waals surface area (Å²) in [7, 11) is -4.54. The van der Waals surface area contributed by atoms with Crippen molar-refractivity contribution in [1.29, 1.82) is 0 Å². The van der Waals surface area contributed by atoms with Gasteiger partial charge in [0.2, 0.25) is 0 Å². The molecule has 0 bridgehead atoms. The molecule has 14 heavy (non-hydrogen) atoms. The van der Waals surface area contributed by atoms with Crippen LogP contribution in [0.2, 0.25) is 0 Å². The first kappa shape index (κ1) is 10.9. The largest absolute Gasteiger partial charge is 0.744 e. The zero-order valence-electron chi connectivity index (χ0n) is 6.68. The molecule has 0 heterocycles. The minimum atomic E-state index is -4.54. The van der Waals surface area contributed by atoms with Gasteiger partial charge in [0, 0.05) is 0 Å². The van der Waals surface area contributed by atoms with Crippen LogP contribution in [-0.4, -0.2) is 19.6 Å². The molecule has 0 atom stereocenters. The van der Waals surface area contributed by atoms with E-state index in [1.54, 1.807) is 0 Å². The molecule has 0 unspecified atom stereocenters. The Bertz CT molecular complexity index is 398. The van der Waals surface area contributed by atoms with Crippen molar-refractivity contribution in [2.45, 2.75) is 11.5 Å². The van der Waals surface area contributed by atoms with Gasteiger partial charge in [0.05, 0.1) is 4.90 Å². The van der Waals surface area contributed by atoms with Crippen LogP contribution >= 0.6 is 0 Å². The number of rotatable bonds is 3. The molecule has 1 rings (SSSR count). The lowest BCUT2D eigenvalue weighted by Gasteiger charge is -2.08. The summed E-state index contributed by atoms with van der Waals surface area (Å²) >= 11 is 0. The number of alkyl halides is 2. The topological polar surface area (TPSA) is 66.4 Å². The molecule has 4 nitrogen and oxygen atoms in total. The van der Waals surface area contributed by atoms with Gasteiger partial charge in [0.25, 0.3) is 0 Å². The Hall–Kier alpha value is -1.21. The molecule has 0 spiro atoms. The molecule has 0 aliphatic heterocycles. The van der Waals surface area contributed by atoms with Gasteiger partial charge in [-0.3, -0.25) is 0 Å². The molecule has 0 aromatic heterocycles. The van der Waals surface area contributed by atoms with Gasteiger partial charge in [-0.05, 0) is 24.3 Å². The first-order valence-electron chi connectivity index (χ1n) is 3.40. The molecule has 7 heteroatoms. The Labute approximate surface area is 78.9 Å². The van der Waals surface area contributed by atoms with E-state index in [0.717, 1.165) is 24.3 Å². The maximum Gasteiger partial charge on any atom is 0.387 e. The Morgan fingerprint density at radius 2 is 1.71 bits per heavy atom. The zero-order chi connectivity index (χ0) is 10.8. The lowest BCUT2D eigenvalue weighted by Crippen LogP contribution is -2.02. The average Bonchev–Trinajstić information content (AvgIpc) is 2.02. The third-order valence-electron chi connectivity index (χ3n) is 1.34. The van der Waals surface area contributed by atoms with Gasteiger partial charge in [0.1, 0.15) is 15.9 Å². The normalized spacial score (nSPS) is 11.7. The number of ether oxygens (including phenoxy) is 1. The van der Waals surface area contributed by atoms with Crippen molar-refractivity contribution in [2.75, 3.05) is 0 Å². The molecule has 0 aliphatic carbocycles. The van der Waals surface area contributed by atoms with Crippen LogP contribution in [0.5, 0.6) is 5.75 Å². The van der Waals surface area contributed by atoms with Gasteiger partial charge in [-0.1, -0.05) is 0 Å². The standard InChI is InChI=1S/C7H6F2O4S/c8-7(9)13-5-1-3-6(4-2-5)14(10,11)12/h1-4,7H,(H,10,11,12)/p-1. The number of hydrogen-bond donors (Lipinski definition) is 0. The second-order valence-electron chi connectivity index (χ2n) is 2.30. The number of halogens is 2. The summed E-state index contributed by atoms with van der Waals surface area (Å²) in [6, 6.07) is 3.77. The molecule has 78 valence electrons. The minimum Gasteiger partial charge on any atom is -0.744 e. The lowest BCUT2D eigenvalue weighted by atomic mass is 10.3. The van der Waals surface area contributed by atoms with Crippen molar-refractivity contribution in [2.24, 2.45) is 0 Å². The highest BCUT2D eigenvalue weighted by Crippen LogP contribution is 2.17. The van der Waals surface area contributed by atoms with E-state index in [-0.39, 0.29) is 5.75 Å². The first-order chi connectivity index (χ1) is 6.39. The van der Waals surface area contributed by atoms with E-state index in [1.807, 2.05) is 0 Å². The van der Waals surface area contributed by atoms with Gasteiger partial charge in [-0.25, -0.2) is 8.42 Å². The smallest absolute Gasteiger partial charge is 0.387 e. The molecule has 0 amide bonds. The van der Waals surface area contributed by atoms with Crippen molar-refractivity contribution >= 4 is 10.1 Å². The Kier molecular flexibility index (Phi) is 3.02. The molecule has 1 aromatic rings. The fraction of sp³-hybridized carbons (Fsp3) is 0.143. The Balaban J connectivity index is 2.90. The van der Waals surface area contributed by atoms with Crippen molar-refractivity contribution in [3.8, 4) is 5.75 Å². The third kappa shape index (κ3) is 2.93. The van der Waals surface area contributed by atoms with Crippen LogP contribution in [-0.2, 0) is 10.1 Å². The predicted molar refractivity (Wildman–Crippen MR) is 41.0 cm³/mol. The van der Waals surface area contributed by atoms with Crippen LogP contribution in [0.3, 0.4) is 0 Å². The van der Waals surface area contributed by atoms with E-state index >= 15 is 0 Å². The maximum absolute atomic E-state index is 11.7. The van der Waals surface area contributed by atoms with Gasteiger partial charge < -0.3 is 9.29 Å². The van der Waals surface area contributed by atoms with Crippen LogP contribution in [0.1, 0.15) is 0 Å². The lowest BCUT2D eigenvalue weighted by molar-refractivity contribution is -0.0498. The summed E-state index contributed by atoms with van der Waals surface area (Å²) in [5, 5.41) is 0. The highest BCUT2D eigenvalue weighted by Gasteiger charge is 2.05. The number of benzene rings is 1. The molecule has 0 radical (unpaired) electrons.